The molecular weight excluding hydrogens is 540 g/mol. The van der Waals surface area contributed by atoms with Crippen molar-refractivity contribution in [2.45, 2.75) is 31.8 Å². The molecule has 0 radical (unpaired) electrons. The SMILES string of the molecule is C[C@H](c1c(Cl)ccc(F)c1Cl)N1CCNc2nnc(C(=O)Nc3cccc(N4CCC(N(C)C)CC4)c3)cc21. The van der Waals surface area contributed by atoms with E-state index in [-0.39, 0.29) is 22.7 Å². The molecule has 1 aromatic heterocycles. The monoisotopic (exact) mass is 571 g/mol. The molecule has 1 saturated heterocycles. The van der Waals surface area contributed by atoms with Gasteiger partial charge in [0.1, 0.15) is 5.82 Å². The highest BCUT2D eigenvalue weighted by Crippen LogP contribution is 2.40. The van der Waals surface area contributed by atoms with Crippen molar-refractivity contribution in [3.8, 4) is 0 Å². The second kappa shape index (κ2) is 11.5. The Morgan fingerprint density at radius 3 is 2.64 bits per heavy atom. The number of benzene rings is 2. The van der Waals surface area contributed by atoms with Crippen LogP contribution in [-0.4, -0.2) is 67.3 Å². The number of carbonyl (C=O) groups excluding carboxylic acids is 1. The number of anilines is 4. The molecule has 3 heterocycles. The van der Waals surface area contributed by atoms with E-state index in [2.05, 4.69) is 50.8 Å². The first kappa shape index (κ1) is 27.4. The Hall–Kier alpha value is -3.14. The second-order valence-corrected chi connectivity index (χ2v) is 11.0. The summed E-state index contributed by atoms with van der Waals surface area (Å²) in [5.41, 5.74) is 3.09. The molecule has 206 valence electrons. The molecule has 2 aliphatic rings. The number of hydrogen-bond acceptors (Lipinski definition) is 7. The highest BCUT2D eigenvalue weighted by molar-refractivity contribution is 6.36. The molecule has 2 N–H and O–H groups in total. The van der Waals surface area contributed by atoms with E-state index in [1.54, 1.807) is 6.07 Å². The van der Waals surface area contributed by atoms with E-state index in [9.17, 15) is 9.18 Å². The van der Waals surface area contributed by atoms with Gasteiger partial charge < -0.3 is 25.3 Å². The molecule has 2 aliphatic heterocycles. The van der Waals surface area contributed by atoms with Crippen LogP contribution >= 0.6 is 23.2 Å². The minimum atomic E-state index is -0.532. The molecule has 0 aliphatic carbocycles. The third-order valence-corrected chi connectivity index (χ3v) is 8.30. The van der Waals surface area contributed by atoms with Crippen LogP contribution in [0, 0.1) is 5.82 Å². The number of nitrogens with zero attached hydrogens (tertiary/aromatic N) is 5. The van der Waals surface area contributed by atoms with Gasteiger partial charge in [0.05, 0.1) is 16.8 Å². The molecule has 39 heavy (non-hydrogen) atoms. The lowest BCUT2D eigenvalue weighted by Crippen LogP contribution is -2.42. The summed E-state index contributed by atoms with van der Waals surface area (Å²) in [4.78, 5) is 19.9. The van der Waals surface area contributed by atoms with Gasteiger partial charge in [-0.1, -0.05) is 29.3 Å². The van der Waals surface area contributed by atoms with Gasteiger partial charge in [0.2, 0.25) is 0 Å². The Balaban J connectivity index is 1.34. The summed E-state index contributed by atoms with van der Waals surface area (Å²) in [7, 11) is 4.25. The standard InChI is InChI=1S/C28H32Cl2FN7O/c1-17(25-21(29)7-8-22(31)26(25)30)38-14-11-32-27-24(38)16-23(34-35-27)28(39)33-18-5-4-6-20(15-18)37-12-9-19(10-13-37)36(2)3/h4-8,15-17,19H,9-14H2,1-3H3,(H,32,35)(H,33,39)/t17-/m1/s1. The van der Waals surface area contributed by atoms with E-state index in [1.807, 2.05) is 30.0 Å². The van der Waals surface area contributed by atoms with Crippen LogP contribution < -0.4 is 20.4 Å². The lowest BCUT2D eigenvalue weighted by Gasteiger charge is -2.36. The maximum atomic E-state index is 14.3. The molecule has 2 aromatic carbocycles. The third kappa shape index (κ3) is 5.76. The molecule has 1 fully saturated rings. The molecule has 1 amide bonds. The number of carbonyl (C=O) groups is 1. The molecule has 0 bridgehead atoms. The summed E-state index contributed by atoms with van der Waals surface area (Å²) in [5, 5.41) is 15.0. The molecule has 5 rings (SSSR count). The quantitative estimate of drug-likeness (QED) is 0.367. The number of halogens is 3. The van der Waals surface area contributed by atoms with Crippen LogP contribution in [0.1, 0.15) is 41.9 Å². The van der Waals surface area contributed by atoms with E-state index < -0.39 is 5.82 Å². The highest BCUT2D eigenvalue weighted by Gasteiger charge is 2.29. The molecular formula is C28H32Cl2FN7O. The van der Waals surface area contributed by atoms with Crippen LogP contribution in [0.4, 0.5) is 27.3 Å². The average Bonchev–Trinajstić information content (AvgIpc) is 2.94. The largest absolute Gasteiger partial charge is 0.371 e. The lowest BCUT2D eigenvalue weighted by atomic mass is 10.0. The molecule has 0 saturated carbocycles. The van der Waals surface area contributed by atoms with Crippen LogP contribution in [0.2, 0.25) is 10.0 Å². The first-order valence-electron chi connectivity index (χ1n) is 13.1. The van der Waals surface area contributed by atoms with Gasteiger partial charge in [-0.05, 0) is 70.3 Å². The van der Waals surface area contributed by atoms with Crippen LogP contribution in [0.15, 0.2) is 42.5 Å². The summed E-state index contributed by atoms with van der Waals surface area (Å²) >= 11 is 12.7. The number of amides is 1. The Labute approximate surface area is 238 Å². The average molecular weight is 573 g/mol. The second-order valence-electron chi connectivity index (χ2n) is 10.2. The van der Waals surface area contributed by atoms with Crippen molar-refractivity contribution in [2.75, 3.05) is 60.7 Å². The first-order valence-corrected chi connectivity index (χ1v) is 13.8. The zero-order chi connectivity index (χ0) is 27.7. The van der Waals surface area contributed by atoms with E-state index in [1.165, 1.54) is 12.1 Å². The smallest absolute Gasteiger partial charge is 0.276 e. The van der Waals surface area contributed by atoms with Gasteiger partial charge in [-0.25, -0.2) is 4.39 Å². The number of fused-ring (bicyclic) bond motifs is 1. The van der Waals surface area contributed by atoms with E-state index in [0.29, 0.717) is 46.9 Å². The van der Waals surface area contributed by atoms with E-state index in [4.69, 9.17) is 23.2 Å². The third-order valence-electron chi connectivity index (χ3n) is 7.59. The predicted octanol–water partition coefficient (Wildman–Crippen LogP) is 5.70. The van der Waals surface area contributed by atoms with Crippen LogP contribution in [0.5, 0.6) is 0 Å². The maximum Gasteiger partial charge on any atom is 0.276 e. The van der Waals surface area contributed by atoms with Gasteiger partial charge >= 0.3 is 0 Å². The zero-order valence-corrected chi connectivity index (χ0v) is 23.7. The minimum Gasteiger partial charge on any atom is -0.371 e. The van der Waals surface area contributed by atoms with Crippen LogP contribution in [0.3, 0.4) is 0 Å². The molecule has 0 spiro atoms. The van der Waals surface area contributed by atoms with Crippen molar-refractivity contribution < 1.29 is 9.18 Å². The summed E-state index contributed by atoms with van der Waals surface area (Å²) in [6.07, 6.45) is 2.20. The van der Waals surface area contributed by atoms with Crippen molar-refractivity contribution in [2.24, 2.45) is 0 Å². The molecule has 8 nitrogen and oxygen atoms in total. The summed E-state index contributed by atoms with van der Waals surface area (Å²) in [5.74, 6) is -0.360. The summed E-state index contributed by atoms with van der Waals surface area (Å²) < 4.78 is 14.3. The maximum absolute atomic E-state index is 14.3. The van der Waals surface area contributed by atoms with Crippen molar-refractivity contribution in [1.29, 1.82) is 0 Å². The van der Waals surface area contributed by atoms with Crippen molar-refractivity contribution in [3.63, 3.8) is 0 Å². The summed E-state index contributed by atoms with van der Waals surface area (Å²) in [6.45, 7) is 5.01. The van der Waals surface area contributed by atoms with Crippen molar-refractivity contribution >= 4 is 52.0 Å². The van der Waals surface area contributed by atoms with E-state index in [0.717, 1.165) is 31.6 Å². The van der Waals surface area contributed by atoms with Crippen LogP contribution in [0.25, 0.3) is 0 Å². The Kier molecular flexibility index (Phi) is 8.11. The minimum absolute atomic E-state index is 0.0131. The molecule has 0 unspecified atom stereocenters. The van der Waals surface area contributed by atoms with Gasteiger partial charge in [-0.3, -0.25) is 4.79 Å². The summed E-state index contributed by atoms with van der Waals surface area (Å²) in [6, 6.07) is 12.5. The fourth-order valence-corrected chi connectivity index (χ4v) is 6.04. The molecule has 1 atom stereocenters. The molecule has 3 aromatic rings. The topological polar surface area (TPSA) is 76.6 Å². The van der Waals surface area contributed by atoms with Gasteiger partial charge in [0.15, 0.2) is 11.5 Å². The Morgan fingerprint density at radius 1 is 1.13 bits per heavy atom. The normalized spacial score (nSPS) is 16.6. The van der Waals surface area contributed by atoms with Crippen molar-refractivity contribution in [1.82, 2.24) is 15.1 Å². The van der Waals surface area contributed by atoms with Gasteiger partial charge in [0.25, 0.3) is 5.91 Å². The van der Waals surface area contributed by atoms with Gasteiger partial charge in [-0.2, -0.15) is 0 Å². The fourth-order valence-electron chi connectivity index (χ4n) is 5.35. The lowest BCUT2D eigenvalue weighted by molar-refractivity contribution is 0.102. The number of rotatable bonds is 6. The number of piperidine rings is 1. The van der Waals surface area contributed by atoms with Gasteiger partial charge in [-0.15, -0.1) is 10.2 Å². The highest BCUT2D eigenvalue weighted by atomic mass is 35.5. The Morgan fingerprint density at radius 2 is 1.90 bits per heavy atom. The van der Waals surface area contributed by atoms with Crippen molar-refractivity contribution in [3.05, 3.63) is 69.6 Å². The Bertz CT molecular complexity index is 1360. The van der Waals surface area contributed by atoms with Gasteiger partial charge in [0, 0.05) is 54.2 Å². The first-order chi connectivity index (χ1) is 18.7. The zero-order valence-electron chi connectivity index (χ0n) is 22.2. The number of hydrogen-bond donors (Lipinski definition) is 2. The van der Waals surface area contributed by atoms with E-state index >= 15 is 0 Å². The number of aromatic nitrogens is 2. The molecule has 11 heteroatoms. The predicted molar refractivity (Wildman–Crippen MR) is 156 cm³/mol. The fraction of sp³-hybridized carbons (Fsp3) is 0.393. The van der Waals surface area contributed by atoms with Crippen LogP contribution in [-0.2, 0) is 0 Å². The number of nitrogens with one attached hydrogen (secondary N) is 2.